The van der Waals surface area contributed by atoms with E-state index in [1.807, 2.05) is 55.9 Å². The first kappa shape index (κ1) is 53.6. The molecule has 77 heavy (non-hydrogen) atoms. The second-order valence-electron chi connectivity index (χ2n) is 22.6. The molecule has 5 aromatic rings. The molecule has 0 bridgehead atoms. The number of anilines is 2. The van der Waals surface area contributed by atoms with E-state index in [-0.39, 0.29) is 54.3 Å². The third-order valence-corrected chi connectivity index (χ3v) is 17.1. The Balaban J connectivity index is 0.618. The van der Waals surface area contributed by atoms with Crippen LogP contribution in [-0.4, -0.2) is 145 Å². The molecule has 5 atom stereocenters. The molecule has 1 unspecified atom stereocenters. The normalized spacial score (nSPS) is 23.2. The summed E-state index contributed by atoms with van der Waals surface area (Å²) in [5, 5.41) is 50.5. The number of carbonyl (C=O) groups is 2. The van der Waals surface area contributed by atoms with Gasteiger partial charge in [0, 0.05) is 69.6 Å². The van der Waals surface area contributed by atoms with E-state index in [4.69, 9.17) is 25.4 Å². The fourth-order valence-corrected chi connectivity index (χ4v) is 12.3. The Labute approximate surface area is 451 Å². The van der Waals surface area contributed by atoms with Gasteiger partial charge in [-0.2, -0.15) is 10.4 Å². The molecule has 406 valence electrons. The number of aliphatic hydroxyl groups excluding tert-OH is 1. The molecule has 2 aromatic carbocycles. The number of benzene rings is 2. The van der Waals surface area contributed by atoms with Crippen LogP contribution < -0.4 is 16.0 Å². The number of phenolic OH excluding ortho intramolecular Hbond substituents is 1. The van der Waals surface area contributed by atoms with Crippen LogP contribution in [0.3, 0.4) is 0 Å². The van der Waals surface area contributed by atoms with Gasteiger partial charge in [0.15, 0.2) is 17.4 Å². The quantitative estimate of drug-likeness (QED) is 0.0804. The first-order valence-electron chi connectivity index (χ1n) is 27.9. The number of nitrogen functional groups attached to an aromatic ring is 1. The van der Waals surface area contributed by atoms with Crippen molar-refractivity contribution in [2.75, 3.05) is 63.0 Å². The number of rotatable bonds is 15. The first-order chi connectivity index (χ1) is 37.3. The zero-order valence-electron chi connectivity index (χ0n) is 44.9. The van der Waals surface area contributed by atoms with E-state index >= 15 is 0 Å². The molecule has 18 heteroatoms. The lowest BCUT2D eigenvalue weighted by Gasteiger charge is -2.47. The Morgan fingerprint density at radius 1 is 0.883 bits per heavy atom. The number of nitrogens with two attached hydrogens (primary N) is 1. The number of phenols is 1. The van der Waals surface area contributed by atoms with Crippen LogP contribution in [0.1, 0.15) is 131 Å². The van der Waals surface area contributed by atoms with Gasteiger partial charge < -0.3 is 50.1 Å². The molecule has 0 spiro atoms. The van der Waals surface area contributed by atoms with Gasteiger partial charge in [0.25, 0.3) is 0 Å². The number of nitrogens with zero attached hydrogens (tertiary/aromatic N) is 10. The molecule has 1 saturated carbocycles. The van der Waals surface area contributed by atoms with Crippen LogP contribution in [0.4, 0.5) is 11.6 Å². The fourth-order valence-electron chi connectivity index (χ4n) is 12.3. The highest BCUT2D eigenvalue weighted by Crippen LogP contribution is 2.38. The van der Waals surface area contributed by atoms with Crippen LogP contribution in [-0.2, 0) is 14.3 Å². The molecule has 18 nitrogen and oxygen atoms in total. The van der Waals surface area contributed by atoms with E-state index in [1.165, 1.54) is 4.90 Å². The monoisotopic (exact) mass is 1050 g/mol. The van der Waals surface area contributed by atoms with Crippen LogP contribution in [0.25, 0.3) is 11.3 Å². The number of amides is 2. The molecule has 4 saturated heterocycles. The summed E-state index contributed by atoms with van der Waals surface area (Å²) in [6.07, 6.45) is 12.6. The number of para-hydroxylation sites is 1. The number of aromatic nitrogens is 5. The van der Waals surface area contributed by atoms with Crippen molar-refractivity contribution in [3.05, 3.63) is 101 Å². The Kier molecular flexibility index (Phi) is 16.6. The lowest BCUT2D eigenvalue weighted by Crippen LogP contribution is -2.52. The number of aromatic hydroxyl groups is 1. The number of nitriles is 1. The van der Waals surface area contributed by atoms with Gasteiger partial charge in [0.1, 0.15) is 17.7 Å². The van der Waals surface area contributed by atoms with Crippen LogP contribution in [0.5, 0.6) is 5.75 Å². The van der Waals surface area contributed by atoms with Crippen molar-refractivity contribution in [1.82, 2.24) is 45.2 Å². The van der Waals surface area contributed by atoms with E-state index in [2.05, 4.69) is 60.2 Å². The van der Waals surface area contributed by atoms with Crippen molar-refractivity contribution in [2.45, 2.75) is 134 Å². The summed E-state index contributed by atoms with van der Waals surface area (Å²) in [4.78, 5) is 36.9. The van der Waals surface area contributed by atoms with Gasteiger partial charge in [-0.1, -0.05) is 55.1 Å². The minimum Gasteiger partial charge on any atom is -0.507 e. The minimum atomic E-state index is -0.819. The van der Waals surface area contributed by atoms with Crippen molar-refractivity contribution in [2.24, 2.45) is 17.8 Å². The highest BCUT2D eigenvalue weighted by atomic mass is 16.5. The molecule has 5 N–H and O–H groups in total. The van der Waals surface area contributed by atoms with Crippen molar-refractivity contribution in [3.8, 4) is 34.9 Å². The number of carbonyl (C=O) groups excluding carboxylic acids is 2. The van der Waals surface area contributed by atoms with Crippen molar-refractivity contribution < 1.29 is 29.1 Å². The van der Waals surface area contributed by atoms with Crippen molar-refractivity contribution >= 4 is 23.5 Å². The molecule has 5 fully saturated rings. The third kappa shape index (κ3) is 12.5. The van der Waals surface area contributed by atoms with E-state index in [1.54, 1.807) is 42.6 Å². The molecule has 0 radical (unpaired) electrons. The topological polar surface area (TPSA) is 228 Å². The van der Waals surface area contributed by atoms with Gasteiger partial charge in [-0.25, -0.2) is 0 Å². The standard InChI is InChI=1S/C59H74N12O6/c1-37(2)56(59(75)70-36-47(72)30-52(70)58(74)63-38(3)43-12-9-40(32-60)10-13-43)54-31-55(66-77-54)69-23-15-41(16-24-69)34-67-21-19-48(20-22-67)76-49-28-46(29-49)68-25-17-44(18-26-68)39(4)71-35-42(33-62-71)11-14-45-27-51(64-65-57(45)61)50-7-5-6-8-53(50)73/h5-10,12-13,27,31,33,35,37-39,41,44,46-49,52,56,72-73H,15-26,28-30,34,36H2,1-4H3,(H2,61,65)(H,63,74)/t38-,39?,46-,47+,49-,52-,56+/m0/s1. The maximum absolute atomic E-state index is 14.3. The van der Waals surface area contributed by atoms with Gasteiger partial charge in [-0.05, 0) is 132 Å². The SMILES string of the molecule is CC(C)[C@@H](C(=O)N1C[C@H](O)C[C@H]1C(=O)N[C@@H](C)c1ccc(C#N)cc1)c1cc(N2CCC(CN3CCC(O[C@H]4C[C@H](N5CCC(C(C)n6cc(C#Cc7cc(-c8ccccc8O)nnc7N)cn6)CC5)C4)CC3)CC2)no1. The number of hydrogen-bond donors (Lipinski definition) is 4. The van der Waals surface area contributed by atoms with Crippen molar-refractivity contribution in [1.29, 1.82) is 5.26 Å². The predicted octanol–water partition coefficient (Wildman–Crippen LogP) is 6.67. The molecular formula is C59H74N12O6. The highest BCUT2D eigenvalue weighted by Gasteiger charge is 2.44. The van der Waals surface area contributed by atoms with Crippen LogP contribution in [0.15, 0.2) is 77.6 Å². The Bertz CT molecular complexity index is 2930. The molecule has 2 amide bonds. The smallest absolute Gasteiger partial charge is 0.243 e. The average molecular weight is 1050 g/mol. The summed E-state index contributed by atoms with van der Waals surface area (Å²) in [5.74, 6) is 7.67. The minimum absolute atomic E-state index is 0.0696. The maximum Gasteiger partial charge on any atom is 0.243 e. The number of ether oxygens (including phenoxy) is 1. The third-order valence-electron chi connectivity index (χ3n) is 17.1. The molecule has 7 heterocycles. The molecule has 1 aliphatic carbocycles. The predicted molar refractivity (Wildman–Crippen MR) is 291 cm³/mol. The Morgan fingerprint density at radius 2 is 1.62 bits per heavy atom. The zero-order chi connectivity index (χ0) is 53.7. The summed E-state index contributed by atoms with van der Waals surface area (Å²) in [6, 6.07) is 19.5. The molecule has 4 aliphatic heterocycles. The lowest BCUT2D eigenvalue weighted by molar-refractivity contribution is -0.141. The van der Waals surface area contributed by atoms with E-state index in [9.17, 15) is 19.8 Å². The van der Waals surface area contributed by atoms with Crippen LogP contribution in [0.2, 0.25) is 0 Å². The molecule has 3 aromatic heterocycles. The molecular weight excluding hydrogens is 973 g/mol. The number of likely N-dealkylation sites (tertiary alicyclic amines) is 3. The maximum atomic E-state index is 14.3. The van der Waals surface area contributed by atoms with Gasteiger partial charge >= 0.3 is 0 Å². The second kappa shape index (κ2) is 23.8. The fraction of sp³-hybridized carbons (Fsp3) is 0.542. The second-order valence-corrected chi connectivity index (χ2v) is 22.6. The molecule has 10 rings (SSSR count). The Hall–Kier alpha value is -6.83. The van der Waals surface area contributed by atoms with Gasteiger partial charge in [0.2, 0.25) is 11.8 Å². The lowest BCUT2D eigenvalue weighted by atomic mass is 9.83. The van der Waals surface area contributed by atoms with Crippen LogP contribution in [0, 0.1) is 40.9 Å². The number of nitrogens with one attached hydrogen (secondary N) is 1. The average Bonchev–Trinajstić information content (AvgIpc) is 4.22. The molecule has 5 aliphatic rings. The Morgan fingerprint density at radius 3 is 2.34 bits per heavy atom. The summed E-state index contributed by atoms with van der Waals surface area (Å²) in [5.41, 5.74) is 9.93. The largest absolute Gasteiger partial charge is 0.507 e. The van der Waals surface area contributed by atoms with Crippen LogP contribution >= 0.6 is 0 Å². The van der Waals surface area contributed by atoms with E-state index in [0.717, 1.165) is 114 Å². The summed E-state index contributed by atoms with van der Waals surface area (Å²) in [6.45, 7) is 15.3. The summed E-state index contributed by atoms with van der Waals surface area (Å²) >= 11 is 0. The number of β-amino-alcohol motifs (C(OH)–C–C–N with tert-alkyl or cyclic N) is 1. The number of hydrogen-bond acceptors (Lipinski definition) is 15. The summed E-state index contributed by atoms with van der Waals surface area (Å²) < 4.78 is 14.7. The van der Waals surface area contributed by atoms with Gasteiger partial charge in [-0.3, -0.25) is 14.3 Å². The van der Waals surface area contributed by atoms with Gasteiger partial charge in [-0.15, -0.1) is 10.2 Å². The van der Waals surface area contributed by atoms with Crippen molar-refractivity contribution in [3.63, 3.8) is 0 Å². The number of aliphatic hydroxyl groups is 1. The number of piperidine rings is 3. The first-order valence-corrected chi connectivity index (χ1v) is 27.9. The van der Waals surface area contributed by atoms with Gasteiger partial charge in [0.05, 0.1) is 65.0 Å². The zero-order valence-corrected chi connectivity index (χ0v) is 44.9. The van der Waals surface area contributed by atoms with E-state index < -0.39 is 18.1 Å². The highest BCUT2D eigenvalue weighted by molar-refractivity contribution is 5.91. The van der Waals surface area contributed by atoms with E-state index in [0.29, 0.717) is 58.2 Å². The summed E-state index contributed by atoms with van der Waals surface area (Å²) in [7, 11) is 0.